The van der Waals surface area contributed by atoms with Gasteiger partial charge in [-0.2, -0.15) is 5.10 Å². The van der Waals surface area contributed by atoms with Gasteiger partial charge >= 0.3 is 0 Å². The molecule has 0 bridgehead atoms. The Morgan fingerprint density at radius 3 is 2.52 bits per heavy atom. The Bertz CT molecular complexity index is 1000. The van der Waals surface area contributed by atoms with Crippen LogP contribution >= 0.6 is 23.2 Å². The lowest BCUT2D eigenvalue weighted by Gasteiger charge is -2.11. The molecular formula is C19H17Cl2N3O3. The quantitative estimate of drug-likeness (QED) is 0.566. The molecule has 8 heteroatoms. The van der Waals surface area contributed by atoms with E-state index in [1.807, 2.05) is 0 Å². The minimum Gasteiger partial charge on any atom is -0.497 e. The van der Waals surface area contributed by atoms with Crippen molar-refractivity contribution >= 4 is 29.0 Å². The zero-order valence-corrected chi connectivity index (χ0v) is 16.5. The van der Waals surface area contributed by atoms with E-state index >= 15 is 0 Å². The Morgan fingerprint density at radius 1 is 1.07 bits per heavy atom. The maximum atomic E-state index is 12.9. The van der Waals surface area contributed by atoms with Gasteiger partial charge in [-0.25, -0.2) is 9.67 Å². The summed E-state index contributed by atoms with van der Waals surface area (Å²) in [5.41, 5.74) is 1.16. The molecule has 0 aliphatic rings. The summed E-state index contributed by atoms with van der Waals surface area (Å²) in [6.45, 7) is 1.76. The van der Waals surface area contributed by atoms with E-state index in [0.29, 0.717) is 38.8 Å². The highest BCUT2D eigenvalue weighted by atomic mass is 35.5. The third-order valence-corrected chi connectivity index (χ3v) is 4.70. The van der Waals surface area contributed by atoms with Crippen LogP contribution in [0.3, 0.4) is 0 Å². The number of benzene rings is 2. The van der Waals surface area contributed by atoms with Gasteiger partial charge in [0.2, 0.25) is 0 Å². The van der Waals surface area contributed by atoms with Crippen molar-refractivity contribution in [3.63, 3.8) is 0 Å². The number of ether oxygens (including phenoxy) is 2. The van der Waals surface area contributed by atoms with Gasteiger partial charge in [-0.3, -0.25) is 4.79 Å². The van der Waals surface area contributed by atoms with Crippen LogP contribution in [-0.4, -0.2) is 34.8 Å². The van der Waals surface area contributed by atoms with Gasteiger partial charge in [0.15, 0.2) is 11.6 Å². The molecule has 0 N–H and O–H groups in total. The summed E-state index contributed by atoms with van der Waals surface area (Å²) in [4.78, 5) is 17.3. The molecule has 1 aromatic heterocycles. The van der Waals surface area contributed by atoms with Crippen LogP contribution in [0.1, 0.15) is 16.2 Å². The van der Waals surface area contributed by atoms with Crippen molar-refractivity contribution in [1.29, 1.82) is 0 Å². The fourth-order valence-corrected chi connectivity index (χ4v) is 2.96. The van der Waals surface area contributed by atoms with Gasteiger partial charge in [-0.05, 0) is 37.3 Å². The van der Waals surface area contributed by atoms with Gasteiger partial charge in [0.1, 0.15) is 23.9 Å². The fourth-order valence-electron chi connectivity index (χ4n) is 2.66. The van der Waals surface area contributed by atoms with Crippen LogP contribution in [0.5, 0.6) is 11.5 Å². The van der Waals surface area contributed by atoms with E-state index < -0.39 is 0 Å². The predicted molar refractivity (Wildman–Crippen MR) is 104 cm³/mol. The number of aryl methyl sites for hydroxylation is 1. The van der Waals surface area contributed by atoms with E-state index in [1.54, 1.807) is 55.1 Å². The van der Waals surface area contributed by atoms with Crippen LogP contribution in [0.25, 0.3) is 11.4 Å². The third-order valence-electron chi connectivity index (χ3n) is 3.96. The molecule has 27 heavy (non-hydrogen) atoms. The number of rotatable bonds is 6. The van der Waals surface area contributed by atoms with Crippen molar-refractivity contribution in [2.24, 2.45) is 0 Å². The number of carbonyl (C=O) groups is 1. The molecule has 0 aliphatic carbocycles. The molecule has 6 nitrogen and oxygen atoms in total. The normalized spacial score (nSPS) is 10.7. The number of hydrogen-bond donors (Lipinski definition) is 0. The van der Waals surface area contributed by atoms with Crippen molar-refractivity contribution in [3.05, 3.63) is 57.8 Å². The Hall–Kier alpha value is -2.57. The topological polar surface area (TPSA) is 66.2 Å². The second-order valence-corrected chi connectivity index (χ2v) is 6.57. The first-order valence-electron chi connectivity index (χ1n) is 8.05. The van der Waals surface area contributed by atoms with E-state index in [-0.39, 0.29) is 12.3 Å². The van der Waals surface area contributed by atoms with Crippen LogP contribution in [-0.2, 0) is 6.54 Å². The molecule has 0 saturated carbocycles. The van der Waals surface area contributed by atoms with E-state index in [1.165, 1.54) is 7.11 Å². The van der Waals surface area contributed by atoms with Gasteiger partial charge < -0.3 is 9.47 Å². The number of ketones is 1. The Balaban J connectivity index is 1.95. The first kappa shape index (κ1) is 19.2. The van der Waals surface area contributed by atoms with Crippen LogP contribution in [0, 0.1) is 6.92 Å². The smallest absolute Gasteiger partial charge is 0.188 e. The van der Waals surface area contributed by atoms with Crippen molar-refractivity contribution in [3.8, 4) is 22.9 Å². The first-order chi connectivity index (χ1) is 12.9. The Labute approximate surface area is 166 Å². The number of aromatic nitrogens is 3. The second-order valence-electron chi connectivity index (χ2n) is 5.76. The number of halogens is 2. The van der Waals surface area contributed by atoms with Crippen molar-refractivity contribution < 1.29 is 14.3 Å². The van der Waals surface area contributed by atoms with Crippen LogP contribution in [0.4, 0.5) is 0 Å². The molecule has 0 spiro atoms. The summed E-state index contributed by atoms with van der Waals surface area (Å²) in [5.74, 6) is 1.96. The molecular weight excluding hydrogens is 389 g/mol. The highest BCUT2D eigenvalue weighted by molar-refractivity contribution is 6.42. The largest absolute Gasteiger partial charge is 0.497 e. The number of Topliss-reactive ketones (excluding diaryl/α,β-unsaturated/α-hetero) is 1. The lowest BCUT2D eigenvalue weighted by Crippen LogP contribution is -2.14. The fraction of sp³-hybridized carbons (Fsp3) is 0.211. The average Bonchev–Trinajstić information content (AvgIpc) is 3.03. The Morgan fingerprint density at radius 2 is 1.85 bits per heavy atom. The summed E-state index contributed by atoms with van der Waals surface area (Å²) < 4.78 is 12.0. The molecule has 3 aromatic rings. The first-order valence-corrected chi connectivity index (χ1v) is 8.80. The van der Waals surface area contributed by atoms with Crippen molar-refractivity contribution in [2.45, 2.75) is 13.5 Å². The molecule has 3 rings (SSSR count). The summed E-state index contributed by atoms with van der Waals surface area (Å²) in [6, 6.07) is 10.2. The zero-order chi connectivity index (χ0) is 19.6. The molecule has 0 radical (unpaired) electrons. The number of carbonyl (C=O) groups excluding carboxylic acids is 1. The minimum atomic E-state index is -0.166. The van der Waals surface area contributed by atoms with E-state index in [4.69, 9.17) is 32.7 Å². The Kier molecular flexibility index (Phi) is 5.68. The minimum absolute atomic E-state index is 0.000885. The molecule has 0 amide bonds. The van der Waals surface area contributed by atoms with Gasteiger partial charge in [-0.1, -0.05) is 23.2 Å². The standard InChI is InChI=1S/C19H17Cl2N3O3/c1-11-22-19(12-4-7-15(20)16(21)8-12)24(23-11)10-17(25)14-6-5-13(26-2)9-18(14)27-3/h4-9H,10H2,1-3H3. The summed E-state index contributed by atoms with van der Waals surface area (Å²) in [7, 11) is 3.06. The molecule has 0 fully saturated rings. The molecule has 0 saturated heterocycles. The van der Waals surface area contributed by atoms with Gasteiger partial charge in [0, 0.05) is 11.6 Å². The molecule has 2 aromatic carbocycles. The number of hydrogen-bond acceptors (Lipinski definition) is 5. The monoisotopic (exact) mass is 405 g/mol. The van der Waals surface area contributed by atoms with Gasteiger partial charge in [0.05, 0.1) is 29.8 Å². The number of nitrogens with zero attached hydrogens (tertiary/aromatic N) is 3. The van der Waals surface area contributed by atoms with Crippen LogP contribution < -0.4 is 9.47 Å². The third kappa shape index (κ3) is 4.07. The number of methoxy groups -OCH3 is 2. The van der Waals surface area contributed by atoms with Gasteiger partial charge in [-0.15, -0.1) is 0 Å². The highest BCUT2D eigenvalue weighted by Crippen LogP contribution is 2.29. The molecule has 0 atom stereocenters. The van der Waals surface area contributed by atoms with E-state index in [2.05, 4.69) is 10.1 Å². The molecule has 0 aliphatic heterocycles. The maximum absolute atomic E-state index is 12.9. The van der Waals surface area contributed by atoms with E-state index in [0.717, 1.165) is 5.56 Å². The zero-order valence-electron chi connectivity index (χ0n) is 15.0. The van der Waals surface area contributed by atoms with Crippen LogP contribution in [0.2, 0.25) is 10.0 Å². The SMILES string of the molecule is COc1ccc(C(=O)Cn2nc(C)nc2-c2ccc(Cl)c(Cl)c2)c(OC)c1. The van der Waals surface area contributed by atoms with Crippen LogP contribution in [0.15, 0.2) is 36.4 Å². The summed E-state index contributed by atoms with van der Waals surface area (Å²) >= 11 is 12.1. The second kappa shape index (κ2) is 7.98. The molecule has 140 valence electrons. The molecule has 1 heterocycles. The van der Waals surface area contributed by atoms with Gasteiger partial charge in [0.25, 0.3) is 0 Å². The van der Waals surface area contributed by atoms with Crippen molar-refractivity contribution in [2.75, 3.05) is 14.2 Å². The maximum Gasteiger partial charge on any atom is 0.188 e. The predicted octanol–water partition coefficient (Wildman–Crippen LogP) is 4.46. The lowest BCUT2D eigenvalue weighted by atomic mass is 10.1. The average molecular weight is 406 g/mol. The summed E-state index contributed by atoms with van der Waals surface area (Å²) in [6.07, 6.45) is 0. The highest BCUT2D eigenvalue weighted by Gasteiger charge is 2.18. The lowest BCUT2D eigenvalue weighted by molar-refractivity contribution is 0.0965. The van der Waals surface area contributed by atoms with Crippen molar-refractivity contribution in [1.82, 2.24) is 14.8 Å². The molecule has 0 unspecified atom stereocenters. The van der Waals surface area contributed by atoms with E-state index in [9.17, 15) is 4.79 Å². The summed E-state index contributed by atoms with van der Waals surface area (Å²) in [5, 5.41) is 5.19.